The third-order valence-corrected chi connectivity index (χ3v) is 4.64. The first-order chi connectivity index (χ1) is 11.8. The molecule has 2 aromatic carbocycles. The third kappa shape index (κ3) is 6.04. The fourth-order valence-corrected chi connectivity index (χ4v) is 2.86. The van der Waals surface area contributed by atoms with E-state index in [0.29, 0.717) is 10.8 Å². The highest BCUT2D eigenvalue weighted by Crippen LogP contribution is 2.18. The van der Waals surface area contributed by atoms with Crippen molar-refractivity contribution < 1.29 is 17.9 Å². The summed E-state index contributed by atoms with van der Waals surface area (Å²) in [6.07, 6.45) is 0.187. The van der Waals surface area contributed by atoms with Gasteiger partial charge >= 0.3 is 0 Å². The monoisotopic (exact) mass is 382 g/mol. The molecular weight excluding hydrogens is 364 g/mol. The summed E-state index contributed by atoms with van der Waals surface area (Å²) in [6, 6.07) is 12.7. The molecule has 1 atom stereocenters. The van der Waals surface area contributed by atoms with E-state index in [1.807, 2.05) is 6.92 Å². The number of halogens is 1. The van der Waals surface area contributed by atoms with Crippen LogP contribution in [-0.4, -0.2) is 20.9 Å². The van der Waals surface area contributed by atoms with Crippen LogP contribution >= 0.6 is 11.6 Å². The topological polar surface area (TPSA) is 98.5 Å². The van der Waals surface area contributed by atoms with E-state index in [1.54, 1.807) is 36.4 Å². The van der Waals surface area contributed by atoms with Gasteiger partial charge in [-0.1, -0.05) is 29.8 Å². The fourth-order valence-electron chi connectivity index (χ4n) is 2.16. The van der Waals surface area contributed by atoms with E-state index in [2.05, 4.69) is 5.32 Å². The molecule has 0 spiro atoms. The molecule has 0 aliphatic carbocycles. The lowest BCUT2D eigenvalue weighted by Gasteiger charge is -2.15. The van der Waals surface area contributed by atoms with Gasteiger partial charge in [-0.05, 0) is 42.8 Å². The summed E-state index contributed by atoms with van der Waals surface area (Å²) in [5, 5.41) is 8.45. The van der Waals surface area contributed by atoms with E-state index in [4.69, 9.17) is 21.5 Å². The van der Waals surface area contributed by atoms with Crippen molar-refractivity contribution in [3.63, 3.8) is 0 Å². The van der Waals surface area contributed by atoms with Gasteiger partial charge in [0, 0.05) is 5.02 Å². The maximum Gasteiger partial charge on any atom is 0.238 e. The van der Waals surface area contributed by atoms with Crippen LogP contribution in [-0.2, 0) is 14.8 Å². The zero-order valence-electron chi connectivity index (χ0n) is 13.6. The Labute approximate surface area is 152 Å². The normalized spacial score (nSPS) is 12.4. The van der Waals surface area contributed by atoms with Crippen LogP contribution < -0.4 is 15.2 Å². The van der Waals surface area contributed by atoms with Crippen LogP contribution in [0.25, 0.3) is 0 Å². The molecule has 25 heavy (non-hydrogen) atoms. The van der Waals surface area contributed by atoms with Crippen molar-refractivity contribution in [2.45, 2.75) is 24.3 Å². The highest BCUT2D eigenvalue weighted by molar-refractivity contribution is 7.89. The Balaban J connectivity index is 1.83. The Morgan fingerprint density at radius 3 is 2.52 bits per heavy atom. The van der Waals surface area contributed by atoms with Gasteiger partial charge in [0.1, 0.15) is 5.75 Å². The Morgan fingerprint density at radius 1 is 1.24 bits per heavy atom. The minimum atomic E-state index is -3.72. The average Bonchev–Trinajstić information content (AvgIpc) is 2.54. The predicted molar refractivity (Wildman–Crippen MR) is 95.9 cm³/mol. The number of primary sulfonamides is 1. The predicted octanol–water partition coefficient (Wildman–Crippen LogP) is 2.63. The molecule has 1 amide bonds. The van der Waals surface area contributed by atoms with Crippen molar-refractivity contribution in [1.82, 2.24) is 5.32 Å². The number of nitrogens with one attached hydrogen (secondary N) is 1. The third-order valence-electron chi connectivity index (χ3n) is 3.48. The molecule has 2 rings (SSSR count). The largest absolute Gasteiger partial charge is 0.493 e. The van der Waals surface area contributed by atoms with E-state index in [-0.39, 0.29) is 29.9 Å². The molecule has 134 valence electrons. The summed E-state index contributed by atoms with van der Waals surface area (Å²) in [6.45, 7) is 2.03. The molecule has 1 unspecified atom stereocenters. The lowest BCUT2D eigenvalue weighted by molar-refractivity contribution is -0.122. The van der Waals surface area contributed by atoms with Crippen molar-refractivity contribution in [2.24, 2.45) is 5.14 Å². The molecule has 0 heterocycles. The molecule has 0 radical (unpaired) electrons. The van der Waals surface area contributed by atoms with Crippen molar-refractivity contribution in [3.8, 4) is 5.75 Å². The second-order valence-corrected chi connectivity index (χ2v) is 7.46. The lowest BCUT2D eigenvalue weighted by atomic mass is 10.1. The number of sulfonamides is 1. The summed E-state index contributed by atoms with van der Waals surface area (Å²) in [4.78, 5) is 12.0. The van der Waals surface area contributed by atoms with Gasteiger partial charge in [-0.3, -0.25) is 4.79 Å². The van der Waals surface area contributed by atoms with Gasteiger partial charge < -0.3 is 10.1 Å². The Morgan fingerprint density at radius 2 is 1.92 bits per heavy atom. The van der Waals surface area contributed by atoms with E-state index >= 15 is 0 Å². The summed E-state index contributed by atoms with van der Waals surface area (Å²) in [7, 11) is -3.72. The van der Waals surface area contributed by atoms with Gasteiger partial charge in [0.15, 0.2) is 0 Å². The second kappa shape index (κ2) is 8.33. The molecule has 0 saturated carbocycles. The first-order valence-corrected chi connectivity index (χ1v) is 9.48. The molecule has 8 heteroatoms. The number of rotatable bonds is 7. The minimum absolute atomic E-state index is 0.0321. The molecule has 0 aliphatic heterocycles. The van der Waals surface area contributed by atoms with Crippen molar-refractivity contribution in [2.75, 3.05) is 6.61 Å². The highest BCUT2D eigenvalue weighted by atomic mass is 35.5. The van der Waals surface area contributed by atoms with Crippen LogP contribution in [0.2, 0.25) is 5.02 Å². The van der Waals surface area contributed by atoms with Crippen LogP contribution in [0.3, 0.4) is 0 Å². The number of nitrogens with two attached hydrogens (primary N) is 1. The van der Waals surface area contributed by atoms with Gasteiger partial charge in [-0.2, -0.15) is 0 Å². The first-order valence-electron chi connectivity index (χ1n) is 7.56. The quantitative estimate of drug-likeness (QED) is 0.768. The zero-order chi connectivity index (χ0) is 18.4. The van der Waals surface area contributed by atoms with Crippen molar-refractivity contribution >= 4 is 27.5 Å². The second-order valence-electron chi connectivity index (χ2n) is 5.46. The van der Waals surface area contributed by atoms with Crippen LogP contribution in [0.1, 0.15) is 24.9 Å². The zero-order valence-corrected chi connectivity index (χ0v) is 15.2. The molecule has 0 aromatic heterocycles. The molecule has 6 nitrogen and oxygen atoms in total. The van der Waals surface area contributed by atoms with Gasteiger partial charge in [-0.25, -0.2) is 13.6 Å². The van der Waals surface area contributed by atoms with Gasteiger partial charge in [-0.15, -0.1) is 0 Å². The molecule has 3 N–H and O–H groups in total. The molecule has 2 aromatic rings. The van der Waals surface area contributed by atoms with Crippen LogP contribution in [0.5, 0.6) is 5.75 Å². The van der Waals surface area contributed by atoms with E-state index in [9.17, 15) is 13.2 Å². The Kier molecular flexibility index (Phi) is 6.41. The number of carbonyl (C=O) groups excluding carboxylic acids is 1. The Bertz CT molecular complexity index is 838. The SMILES string of the molecule is CC(NC(=O)CCOc1cccc(Cl)c1)c1ccc(S(N)(=O)=O)cc1. The van der Waals surface area contributed by atoms with Crippen LogP contribution in [0.15, 0.2) is 53.4 Å². The minimum Gasteiger partial charge on any atom is -0.493 e. The molecular formula is C17H19ClN2O4S. The molecule has 0 bridgehead atoms. The number of amides is 1. The lowest BCUT2D eigenvalue weighted by Crippen LogP contribution is -2.27. The number of ether oxygens (including phenoxy) is 1. The van der Waals surface area contributed by atoms with Crippen LogP contribution in [0, 0.1) is 0 Å². The van der Waals surface area contributed by atoms with Crippen molar-refractivity contribution in [1.29, 1.82) is 0 Å². The summed E-state index contributed by atoms with van der Waals surface area (Å²) < 4.78 is 27.9. The Hall–Kier alpha value is -2.09. The summed E-state index contributed by atoms with van der Waals surface area (Å²) in [5.41, 5.74) is 0.775. The number of benzene rings is 2. The average molecular weight is 383 g/mol. The molecule has 0 fully saturated rings. The summed E-state index contributed by atoms with van der Waals surface area (Å²) in [5.74, 6) is 0.428. The smallest absolute Gasteiger partial charge is 0.238 e. The fraction of sp³-hybridized carbons (Fsp3) is 0.235. The van der Waals surface area contributed by atoms with Gasteiger partial charge in [0.25, 0.3) is 0 Å². The maximum atomic E-state index is 12.0. The highest BCUT2D eigenvalue weighted by Gasteiger charge is 2.12. The van der Waals surface area contributed by atoms with Crippen molar-refractivity contribution in [3.05, 3.63) is 59.1 Å². The molecule has 0 saturated heterocycles. The van der Waals surface area contributed by atoms with E-state index in [1.165, 1.54) is 12.1 Å². The number of carbonyl (C=O) groups is 1. The number of hydrogen-bond donors (Lipinski definition) is 2. The van der Waals surface area contributed by atoms with E-state index < -0.39 is 10.0 Å². The van der Waals surface area contributed by atoms with Gasteiger partial charge in [0.2, 0.25) is 15.9 Å². The first kappa shape index (κ1) is 19.2. The van der Waals surface area contributed by atoms with E-state index in [0.717, 1.165) is 5.56 Å². The standard InChI is InChI=1S/C17H19ClN2O4S/c1-12(13-5-7-16(8-6-13)25(19,22)23)20-17(21)9-10-24-15-4-2-3-14(18)11-15/h2-8,11-12H,9-10H2,1H3,(H,20,21)(H2,19,22,23). The molecule has 0 aliphatic rings. The number of hydrogen-bond acceptors (Lipinski definition) is 4. The maximum absolute atomic E-state index is 12.0. The summed E-state index contributed by atoms with van der Waals surface area (Å²) >= 11 is 5.86. The van der Waals surface area contributed by atoms with Gasteiger partial charge in [0.05, 0.1) is 24.0 Å². The van der Waals surface area contributed by atoms with Crippen LogP contribution in [0.4, 0.5) is 0 Å².